The van der Waals surface area contributed by atoms with Crippen molar-refractivity contribution in [2.75, 3.05) is 7.11 Å². The van der Waals surface area contributed by atoms with Crippen LogP contribution in [-0.2, 0) is 4.74 Å². The number of aromatic nitrogens is 2. The van der Waals surface area contributed by atoms with Crippen LogP contribution in [0.3, 0.4) is 0 Å². The first kappa shape index (κ1) is 14.4. The number of ketones is 1. The summed E-state index contributed by atoms with van der Waals surface area (Å²) in [6.45, 7) is 1.40. The highest BCUT2D eigenvalue weighted by Gasteiger charge is 2.21. The summed E-state index contributed by atoms with van der Waals surface area (Å²) in [7, 11) is 1.27. The summed E-state index contributed by atoms with van der Waals surface area (Å²) in [4.78, 5) is 31.1. The van der Waals surface area contributed by atoms with Crippen molar-refractivity contribution in [3.05, 3.63) is 17.6 Å². The lowest BCUT2D eigenvalue weighted by molar-refractivity contribution is 0.0589. The van der Waals surface area contributed by atoms with Crippen LogP contribution >= 0.6 is 0 Å². The molecule has 1 aliphatic carbocycles. The molecule has 0 aliphatic heterocycles. The molecule has 0 bridgehead atoms. The summed E-state index contributed by atoms with van der Waals surface area (Å²) in [5.41, 5.74) is 0.200. The van der Waals surface area contributed by atoms with Gasteiger partial charge in [0.2, 0.25) is 5.88 Å². The maximum Gasteiger partial charge on any atom is 0.358 e. The zero-order valence-corrected chi connectivity index (χ0v) is 11.7. The molecule has 6 heteroatoms. The third-order valence-corrected chi connectivity index (χ3v) is 3.30. The quantitative estimate of drug-likeness (QED) is 0.620. The molecule has 1 heterocycles. The smallest absolute Gasteiger partial charge is 0.358 e. The number of Topliss-reactive ketones (excluding diaryl/α,β-unsaturated/α-hetero) is 1. The average Bonchev–Trinajstić information content (AvgIpc) is 2.47. The minimum atomic E-state index is -0.596. The normalized spacial score (nSPS) is 15.7. The zero-order chi connectivity index (χ0) is 14.5. The highest BCUT2D eigenvalue weighted by molar-refractivity contribution is 5.95. The molecule has 6 nitrogen and oxygen atoms in total. The molecule has 0 radical (unpaired) electrons. The van der Waals surface area contributed by atoms with Gasteiger partial charge in [0.15, 0.2) is 17.2 Å². The van der Waals surface area contributed by atoms with Crippen LogP contribution in [0.15, 0.2) is 6.20 Å². The molecular formula is C14H18N2O4. The first-order chi connectivity index (χ1) is 9.61. The third-order valence-electron chi connectivity index (χ3n) is 3.30. The fourth-order valence-electron chi connectivity index (χ4n) is 2.24. The number of carbonyl (C=O) groups excluding carboxylic acids is 2. The lowest BCUT2D eigenvalue weighted by Crippen LogP contribution is -2.22. The number of methoxy groups -OCH3 is 1. The van der Waals surface area contributed by atoms with E-state index in [1.165, 1.54) is 26.7 Å². The second kappa shape index (κ2) is 6.45. The lowest BCUT2D eigenvalue weighted by atomic mass is 9.98. The Kier molecular flexibility index (Phi) is 4.65. The topological polar surface area (TPSA) is 78.4 Å². The SMILES string of the molecule is COC(=O)c1cnc(C(C)=O)c(OC2CCCCC2)n1. The molecule has 0 N–H and O–H groups in total. The van der Waals surface area contributed by atoms with Crippen LogP contribution in [-0.4, -0.2) is 34.9 Å². The van der Waals surface area contributed by atoms with Crippen LogP contribution in [0.2, 0.25) is 0 Å². The monoisotopic (exact) mass is 278 g/mol. The molecular weight excluding hydrogens is 260 g/mol. The van der Waals surface area contributed by atoms with Crippen molar-refractivity contribution in [2.24, 2.45) is 0 Å². The van der Waals surface area contributed by atoms with Crippen molar-refractivity contribution in [3.8, 4) is 5.88 Å². The van der Waals surface area contributed by atoms with Crippen molar-refractivity contribution < 1.29 is 19.1 Å². The van der Waals surface area contributed by atoms with Gasteiger partial charge in [-0.05, 0) is 25.7 Å². The Bertz CT molecular complexity index is 510. The highest BCUT2D eigenvalue weighted by atomic mass is 16.5. The molecule has 108 valence electrons. The number of esters is 1. The van der Waals surface area contributed by atoms with Gasteiger partial charge in [-0.1, -0.05) is 6.42 Å². The first-order valence-electron chi connectivity index (χ1n) is 6.74. The first-order valence-corrected chi connectivity index (χ1v) is 6.74. The molecule has 1 aliphatic rings. The largest absolute Gasteiger partial charge is 0.473 e. The highest BCUT2D eigenvalue weighted by Crippen LogP contribution is 2.24. The van der Waals surface area contributed by atoms with Gasteiger partial charge in [0.1, 0.15) is 6.10 Å². The van der Waals surface area contributed by atoms with Crippen LogP contribution in [0.5, 0.6) is 5.88 Å². The standard InChI is InChI=1S/C14H18N2O4/c1-9(17)12-13(20-10-6-4-3-5-7-10)16-11(8-15-12)14(18)19-2/h8,10H,3-7H2,1-2H3. The van der Waals surface area contributed by atoms with Crippen LogP contribution < -0.4 is 4.74 Å². The summed E-state index contributed by atoms with van der Waals surface area (Å²) in [5.74, 6) is -0.701. The van der Waals surface area contributed by atoms with E-state index in [1.807, 2.05) is 0 Å². The summed E-state index contributed by atoms with van der Waals surface area (Å²) < 4.78 is 10.4. The van der Waals surface area contributed by atoms with E-state index in [4.69, 9.17) is 4.74 Å². The van der Waals surface area contributed by atoms with Gasteiger partial charge in [0, 0.05) is 6.92 Å². The van der Waals surface area contributed by atoms with Crippen molar-refractivity contribution in [2.45, 2.75) is 45.1 Å². The molecule has 1 aromatic heterocycles. The maximum absolute atomic E-state index is 11.6. The predicted molar refractivity (Wildman–Crippen MR) is 70.9 cm³/mol. The van der Waals surface area contributed by atoms with Crippen molar-refractivity contribution in [1.29, 1.82) is 0 Å². The van der Waals surface area contributed by atoms with E-state index >= 15 is 0 Å². The van der Waals surface area contributed by atoms with E-state index < -0.39 is 5.97 Å². The summed E-state index contributed by atoms with van der Waals surface area (Å²) in [5, 5.41) is 0. The third kappa shape index (κ3) is 3.31. The Labute approximate surface area is 117 Å². The maximum atomic E-state index is 11.6. The predicted octanol–water partition coefficient (Wildman–Crippen LogP) is 2.18. The fraction of sp³-hybridized carbons (Fsp3) is 0.571. The minimum Gasteiger partial charge on any atom is -0.473 e. The molecule has 0 saturated heterocycles. The Morgan fingerprint density at radius 2 is 1.95 bits per heavy atom. The van der Waals surface area contributed by atoms with Crippen LogP contribution in [0.25, 0.3) is 0 Å². The number of hydrogen-bond donors (Lipinski definition) is 0. The van der Waals surface area contributed by atoms with Gasteiger partial charge < -0.3 is 9.47 Å². The number of nitrogens with zero attached hydrogens (tertiary/aromatic N) is 2. The minimum absolute atomic E-state index is 0.0315. The van der Waals surface area contributed by atoms with Gasteiger partial charge in [-0.3, -0.25) is 4.79 Å². The van der Waals surface area contributed by atoms with Crippen LogP contribution in [0, 0.1) is 0 Å². The van der Waals surface area contributed by atoms with E-state index in [0.717, 1.165) is 25.7 Å². The van der Waals surface area contributed by atoms with E-state index in [-0.39, 0.29) is 29.2 Å². The second-order valence-corrected chi connectivity index (χ2v) is 4.83. The van der Waals surface area contributed by atoms with Crippen molar-refractivity contribution in [3.63, 3.8) is 0 Å². The summed E-state index contributed by atoms with van der Waals surface area (Å²) in [6.07, 6.45) is 6.53. The molecule has 0 atom stereocenters. The number of ether oxygens (including phenoxy) is 2. The van der Waals surface area contributed by atoms with Gasteiger partial charge in [-0.2, -0.15) is 0 Å². The van der Waals surface area contributed by atoms with Crippen molar-refractivity contribution in [1.82, 2.24) is 9.97 Å². The Balaban J connectivity index is 2.26. The molecule has 0 unspecified atom stereocenters. The number of hydrogen-bond acceptors (Lipinski definition) is 6. The molecule has 0 spiro atoms. The van der Waals surface area contributed by atoms with Gasteiger partial charge in [-0.25, -0.2) is 14.8 Å². The molecule has 0 aromatic carbocycles. The van der Waals surface area contributed by atoms with E-state index in [2.05, 4.69) is 14.7 Å². The number of carbonyl (C=O) groups is 2. The van der Waals surface area contributed by atoms with Gasteiger partial charge in [0.05, 0.1) is 13.3 Å². The molecule has 2 rings (SSSR count). The van der Waals surface area contributed by atoms with E-state index in [1.54, 1.807) is 0 Å². The summed E-state index contributed by atoms with van der Waals surface area (Å²) in [6, 6.07) is 0. The second-order valence-electron chi connectivity index (χ2n) is 4.83. The average molecular weight is 278 g/mol. The zero-order valence-electron chi connectivity index (χ0n) is 11.7. The molecule has 1 fully saturated rings. The fourth-order valence-corrected chi connectivity index (χ4v) is 2.24. The Hall–Kier alpha value is -1.98. The van der Waals surface area contributed by atoms with E-state index in [0.29, 0.717) is 0 Å². The van der Waals surface area contributed by atoms with Crippen LogP contribution in [0.4, 0.5) is 0 Å². The van der Waals surface area contributed by atoms with Gasteiger partial charge >= 0.3 is 5.97 Å². The molecule has 20 heavy (non-hydrogen) atoms. The van der Waals surface area contributed by atoms with Crippen LogP contribution in [0.1, 0.15) is 60.0 Å². The molecule has 1 saturated carbocycles. The Morgan fingerprint density at radius 3 is 2.55 bits per heavy atom. The molecule has 0 amide bonds. The lowest BCUT2D eigenvalue weighted by Gasteiger charge is -2.23. The van der Waals surface area contributed by atoms with Crippen molar-refractivity contribution >= 4 is 11.8 Å². The summed E-state index contributed by atoms with van der Waals surface area (Å²) >= 11 is 0. The Morgan fingerprint density at radius 1 is 1.25 bits per heavy atom. The van der Waals surface area contributed by atoms with Gasteiger partial charge in [0.25, 0.3) is 0 Å². The molecule has 1 aromatic rings. The van der Waals surface area contributed by atoms with E-state index in [9.17, 15) is 9.59 Å². The van der Waals surface area contributed by atoms with Gasteiger partial charge in [-0.15, -0.1) is 0 Å². The number of rotatable bonds is 4.